The van der Waals surface area contributed by atoms with Crippen LogP contribution in [0.3, 0.4) is 0 Å². The molecule has 1 unspecified atom stereocenters. The van der Waals surface area contributed by atoms with Crippen molar-refractivity contribution in [1.29, 1.82) is 0 Å². The lowest BCUT2D eigenvalue weighted by atomic mass is 9.99. The van der Waals surface area contributed by atoms with Crippen LogP contribution in [0.1, 0.15) is 51.2 Å². The maximum absolute atomic E-state index is 5.89. The van der Waals surface area contributed by atoms with Gasteiger partial charge in [-0.1, -0.05) is 10.4 Å². The van der Waals surface area contributed by atoms with Crippen molar-refractivity contribution in [3.05, 3.63) is 11.6 Å². The minimum absolute atomic E-state index is 0.0351. The summed E-state index contributed by atoms with van der Waals surface area (Å²) in [6.45, 7) is 7.59. The third-order valence-electron chi connectivity index (χ3n) is 3.67. The zero-order valence-corrected chi connectivity index (χ0v) is 15.9. The monoisotopic (exact) mass is 370 g/mol. The second-order valence-electron chi connectivity index (χ2n) is 5.37. The van der Waals surface area contributed by atoms with Crippen LogP contribution in [0.25, 0.3) is 0 Å². The molecule has 0 radical (unpaired) electrons. The topological polar surface area (TPSA) is 137 Å². The second kappa shape index (κ2) is 10.3. The minimum Gasteiger partial charge on any atom is -0.374 e. The predicted octanol–water partition coefficient (Wildman–Crippen LogP) is 0.868. The molecule has 0 saturated carbocycles. The van der Waals surface area contributed by atoms with E-state index in [4.69, 9.17) is 13.3 Å². The van der Waals surface area contributed by atoms with Gasteiger partial charge in [0, 0.05) is 38.2 Å². The summed E-state index contributed by atoms with van der Waals surface area (Å²) in [7, 11) is -2.64. The van der Waals surface area contributed by atoms with E-state index in [1.807, 2.05) is 20.8 Å². The number of H-pyrrole nitrogens is 2. The molecule has 0 bridgehead atoms. The summed E-state index contributed by atoms with van der Waals surface area (Å²) in [5, 5.41) is 28.4. The zero-order valence-electron chi connectivity index (χ0n) is 14.9. The summed E-state index contributed by atoms with van der Waals surface area (Å²) in [5.41, 5.74) is 0. The van der Waals surface area contributed by atoms with Crippen molar-refractivity contribution < 1.29 is 13.3 Å². The van der Waals surface area contributed by atoms with E-state index in [9.17, 15) is 0 Å². The summed E-state index contributed by atoms with van der Waals surface area (Å²) in [6.07, 6.45) is 2.25. The van der Waals surface area contributed by atoms with Gasteiger partial charge in [0.05, 0.1) is 0 Å². The number of nitrogens with zero attached hydrogens (tertiary/aromatic N) is 6. The molecule has 0 amide bonds. The lowest BCUT2D eigenvalue weighted by Gasteiger charge is -2.28. The Balaban J connectivity index is 1.98. The van der Waals surface area contributed by atoms with Gasteiger partial charge in [-0.3, -0.25) is 0 Å². The van der Waals surface area contributed by atoms with Crippen LogP contribution in [0, 0.1) is 0 Å². The third-order valence-corrected chi connectivity index (χ3v) is 6.82. The van der Waals surface area contributed by atoms with Gasteiger partial charge < -0.3 is 13.3 Å². The van der Waals surface area contributed by atoms with Crippen LogP contribution in [-0.4, -0.2) is 69.9 Å². The molecule has 2 heterocycles. The molecule has 11 nitrogen and oxygen atoms in total. The number of aromatic nitrogens is 8. The highest BCUT2D eigenvalue weighted by atomic mass is 28.4. The van der Waals surface area contributed by atoms with E-state index in [-0.39, 0.29) is 5.92 Å². The van der Waals surface area contributed by atoms with Crippen molar-refractivity contribution >= 4 is 8.80 Å². The fourth-order valence-electron chi connectivity index (χ4n) is 2.72. The van der Waals surface area contributed by atoms with Gasteiger partial charge in [-0.15, -0.1) is 20.4 Å². The molecule has 2 rings (SSSR count). The maximum atomic E-state index is 5.89. The van der Waals surface area contributed by atoms with Crippen LogP contribution >= 0.6 is 0 Å². The molecule has 0 fully saturated rings. The van der Waals surface area contributed by atoms with Crippen LogP contribution < -0.4 is 0 Å². The highest BCUT2D eigenvalue weighted by Gasteiger charge is 2.40. The molecule has 0 aliphatic rings. The Bertz CT molecular complexity index is 551. The molecule has 12 heteroatoms. The molecule has 0 aliphatic heterocycles. The summed E-state index contributed by atoms with van der Waals surface area (Å²) >= 11 is 0. The molecular formula is C13H26N8O3Si. The fraction of sp³-hybridized carbons (Fsp3) is 0.846. The van der Waals surface area contributed by atoms with Gasteiger partial charge >= 0.3 is 8.80 Å². The van der Waals surface area contributed by atoms with Crippen LogP contribution in [0.2, 0.25) is 6.04 Å². The molecule has 2 aromatic rings. The number of nitrogens with one attached hydrogen (secondary N) is 2. The van der Waals surface area contributed by atoms with Crippen molar-refractivity contribution in [3.63, 3.8) is 0 Å². The molecule has 0 spiro atoms. The number of aromatic amines is 2. The van der Waals surface area contributed by atoms with Gasteiger partial charge in [0.15, 0.2) is 11.6 Å². The van der Waals surface area contributed by atoms with Crippen molar-refractivity contribution in [1.82, 2.24) is 41.2 Å². The molecule has 1 atom stereocenters. The Labute approximate surface area is 147 Å². The standard InChI is InChI=1S/C13H26N8O3Si/c1-4-22-25(23-5-2,24-6-3)9-7-8-11(13-16-20-21-17-13)10-12-14-18-19-15-12/h11H,4-10H2,1-3H3,(H,14,15,18,19)(H,16,17,20,21). The van der Waals surface area contributed by atoms with E-state index in [2.05, 4.69) is 41.2 Å². The average Bonchev–Trinajstić information content (AvgIpc) is 3.28. The van der Waals surface area contributed by atoms with Gasteiger partial charge in [0.25, 0.3) is 0 Å². The SMILES string of the molecule is CCO[Si](CCCC(Cc1nn[nH]n1)c1nn[nH]n1)(OCC)OCC. The van der Waals surface area contributed by atoms with E-state index < -0.39 is 8.80 Å². The van der Waals surface area contributed by atoms with Crippen molar-refractivity contribution in [2.75, 3.05) is 19.8 Å². The van der Waals surface area contributed by atoms with Crippen molar-refractivity contribution in [2.24, 2.45) is 0 Å². The van der Waals surface area contributed by atoms with E-state index >= 15 is 0 Å². The number of tetrazole rings is 2. The summed E-state index contributed by atoms with van der Waals surface area (Å²) < 4.78 is 17.7. The fourth-order valence-corrected chi connectivity index (χ4v) is 5.36. The van der Waals surface area contributed by atoms with Crippen LogP contribution in [0.15, 0.2) is 0 Å². The van der Waals surface area contributed by atoms with Crippen LogP contribution in [-0.2, 0) is 19.7 Å². The molecule has 0 aliphatic carbocycles. The third kappa shape index (κ3) is 5.92. The van der Waals surface area contributed by atoms with Gasteiger partial charge in [0.1, 0.15) is 0 Å². The van der Waals surface area contributed by atoms with Crippen LogP contribution in [0.4, 0.5) is 0 Å². The van der Waals surface area contributed by atoms with Crippen LogP contribution in [0.5, 0.6) is 0 Å². The molecular weight excluding hydrogens is 344 g/mol. The average molecular weight is 370 g/mol. The lowest BCUT2D eigenvalue weighted by Crippen LogP contribution is -2.46. The Kier molecular flexibility index (Phi) is 8.04. The lowest BCUT2D eigenvalue weighted by molar-refractivity contribution is 0.0705. The van der Waals surface area contributed by atoms with E-state index in [1.165, 1.54) is 0 Å². The van der Waals surface area contributed by atoms with Crippen molar-refractivity contribution in [3.8, 4) is 0 Å². The Morgan fingerprint density at radius 3 is 2.08 bits per heavy atom. The van der Waals surface area contributed by atoms with Gasteiger partial charge in [-0.2, -0.15) is 10.4 Å². The first-order chi connectivity index (χ1) is 12.2. The highest BCUT2D eigenvalue weighted by Crippen LogP contribution is 2.26. The largest absolute Gasteiger partial charge is 0.500 e. The van der Waals surface area contributed by atoms with Gasteiger partial charge in [0.2, 0.25) is 0 Å². The van der Waals surface area contributed by atoms with E-state index in [1.54, 1.807) is 0 Å². The minimum atomic E-state index is -2.64. The molecule has 0 saturated heterocycles. The predicted molar refractivity (Wildman–Crippen MR) is 89.5 cm³/mol. The zero-order chi connectivity index (χ0) is 18.0. The number of hydrogen-bond acceptors (Lipinski definition) is 9. The summed E-state index contributed by atoms with van der Waals surface area (Å²) in [4.78, 5) is 0. The highest BCUT2D eigenvalue weighted by molar-refractivity contribution is 6.60. The first-order valence-corrected chi connectivity index (χ1v) is 10.5. The van der Waals surface area contributed by atoms with E-state index in [0.29, 0.717) is 37.9 Å². The Morgan fingerprint density at radius 1 is 0.920 bits per heavy atom. The summed E-state index contributed by atoms with van der Waals surface area (Å²) in [6, 6.07) is 0.739. The molecule has 2 N–H and O–H groups in total. The summed E-state index contributed by atoms with van der Waals surface area (Å²) in [5.74, 6) is 1.30. The Hall–Kier alpha value is -1.76. The molecule has 140 valence electrons. The van der Waals surface area contributed by atoms with Gasteiger partial charge in [-0.25, -0.2) is 0 Å². The first-order valence-electron chi connectivity index (χ1n) is 8.60. The molecule has 25 heavy (non-hydrogen) atoms. The smallest absolute Gasteiger partial charge is 0.374 e. The molecule has 2 aromatic heterocycles. The maximum Gasteiger partial charge on any atom is 0.500 e. The quantitative estimate of drug-likeness (QED) is 0.492. The molecule has 0 aromatic carbocycles. The first kappa shape index (κ1) is 19.6. The van der Waals surface area contributed by atoms with Gasteiger partial charge in [-0.05, 0) is 33.6 Å². The second-order valence-corrected chi connectivity index (χ2v) is 8.11. The van der Waals surface area contributed by atoms with E-state index in [0.717, 1.165) is 18.9 Å². The van der Waals surface area contributed by atoms with Crippen molar-refractivity contribution in [2.45, 2.75) is 52.0 Å². The normalized spacial score (nSPS) is 13.2. The number of hydrogen-bond donors (Lipinski definition) is 2. The number of rotatable bonds is 13. The Morgan fingerprint density at radius 2 is 1.56 bits per heavy atom.